The van der Waals surface area contributed by atoms with E-state index in [9.17, 15) is 14.4 Å². The molecule has 1 unspecified atom stereocenters. The Hall–Kier alpha value is -3.15. The zero-order valence-corrected chi connectivity index (χ0v) is 54.1. The van der Waals surface area contributed by atoms with E-state index in [4.69, 9.17) is 14.2 Å². The Bertz CT molecular complexity index is 1490. The van der Waals surface area contributed by atoms with Crippen molar-refractivity contribution in [3.05, 3.63) is 72.9 Å². The summed E-state index contributed by atoms with van der Waals surface area (Å²) in [6.07, 6.45) is 90.9. The first-order valence-corrected chi connectivity index (χ1v) is 35.4. The lowest BCUT2D eigenvalue weighted by Gasteiger charge is -2.18. The lowest BCUT2D eigenvalue weighted by molar-refractivity contribution is -0.167. The second-order valence-corrected chi connectivity index (χ2v) is 23.8. The molecule has 0 saturated carbocycles. The molecule has 470 valence electrons. The van der Waals surface area contributed by atoms with E-state index >= 15 is 0 Å². The predicted molar refractivity (Wildman–Crippen MR) is 353 cm³/mol. The standard InChI is InChI=1S/C75H134O6/c1-4-7-10-13-16-19-22-24-26-28-30-31-32-33-34-35-36-37-38-39-40-41-42-43-44-45-46-48-49-51-53-56-59-62-65-68-74(77)80-71-72(70-79-73(76)67-64-61-58-55-21-18-15-12-9-6-3)81-75(78)69-66-63-60-57-54-52-50-47-29-27-25-23-20-17-14-11-8-5-2/h7,10,16,19-20,23-24,26-27,29-31,72H,4-6,8-9,11-15,17-18,21-22,25,28,32-71H2,1-3H3/b10-7-,19-16-,23-20-,26-24-,29-27-,31-30-. The number of rotatable bonds is 65. The predicted octanol–water partition coefficient (Wildman–Crippen LogP) is 24.4. The summed E-state index contributed by atoms with van der Waals surface area (Å²) < 4.78 is 16.9. The Kier molecular flexibility index (Phi) is 66.6. The molecule has 0 heterocycles. The Morgan fingerprint density at radius 2 is 0.481 bits per heavy atom. The number of ether oxygens (including phenoxy) is 3. The maximum Gasteiger partial charge on any atom is 0.306 e. The van der Waals surface area contributed by atoms with Gasteiger partial charge in [0.05, 0.1) is 0 Å². The molecule has 0 N–H and O–H groups in total. The van der Waals surface area contributed by atoms with Gasteiger partial charge in [0.1, 0.15) is 13.2 Å². The second-order valence-electron chi connectivity index (χ2n) is 23.8. The van der Waals surface area contributed by atoms with Crippen LogP contribution in [0.2, 0.25) is 0 Å². The van der Waals surface area contributed by atoms with E-state index in [2.05, 4.69) is 93.7 Å². The molecule has 6 nitrogen and oxygen atoms in total. The lowest BCUT2D eigenvalue weighted by Crippen LogP contribution is -2.30. The second kappa shape index (κ2) is 69.3. The molecule has 0 radical (unpaired) electrons. The molecule has 0 aliphatic rings. The van der Waals surface area contributed by atoms with E-state index in [1.807, 2.05) is 0 Å². The van der Waals surface area contributed by atoms with Crippen molar-refractivity contribution in [2.24, 2.45) is 0 Å². The van der Waals surface area contributed by atoms with Crippen molar-refractivity contribution < 1.29 is 28.6 Å². The Morgan fingerprint density at radius 3 is 0.765 bits per heavy atom. The molecule has 0 aromatic heterocycles. The zero-order chi connectivity index (χ0) is 58.5. The van der Waals surface area contributed by atoms with Gasteiger partial charge in [-0.2, -0.15) is 0 Å². The monoisotopic (exact) mass is 1130 g/mol. The number of carbonyl (C=O) groups is 3. The Labute approximate surface area is 503 Å². The minimum Gasteiger partial charge on any atom is -0.462 e. The number of hydrogen-bond donors (Lipinski definition) is 0. The van der Waals surface area contributed by atoms with Crippen molar-refractivity contribution in [3.63, 3.8) is 0 Å². The molecule has 0 aromatic rings. The van der Waals surface area contributed by atoms with Crippen molar-refractivity contribution in [3.8, 4) is 0 Å². The van der Waals surface area contributed by atoms with E-state index in [1.165, 1.54) is 231 Å². The summed E-state index contributed by atoms with van der Waals surface area (Å²) in [5.41, 5.74) is 0. The highest BCUT2D eigenvalue weighted by Gasteiger charge is 2.19. The third kappa shape index (κ3) is 67.5. The number of allylic oxidation sites excluding steroid dienone is 12. The van der Waals surface area contributed by atoms with Gasteiger partial charge in [-0.15, -0.1) is 0 Å². The van der Waals surface area contributed by atoms with Crippen molar-refractivity contribution in [1.29, 1.82) is 0 Å². The summed E-state index contributed by atoms with van der Waals surface area (Å²) >= 11 is 0. The summed E-state index contributed by atoms with van der Waals surface area (Å²) in [6.45, 7) is 6.54. The van der Waals surface area contributed by atoms with E-state index < -0.39 is 6.10 Å². The highest BCUT2D eigenvalue weighted by Crippen LogP contribution is 2.18. The molecule has 0 fully saturated rings. The number of unbranched alkanes of at least 4 members (excludes halogenated alkanes) is 42. The third-order valence-corrected chi connectivity index (χ3v) is 15.7. The van der Waals surface area contributed by atoms with Crippen molar-refractivity contribution in [2.45, 2.75) is 374 Å². The van der Waals surface area contributed by atoms with Crippen molar-refractivity contribution in [1.82, 2.24) is 0 Å². The minimum absolute atomic E-state index is 0.0724. The van der Waals surface area contributed by atoms with Gasteiger partial charge in [0.15, 0.2) is 6.10 Å². The number of esters is 3. The molecular weight excluding hydrogens is 997 g/mol. The molecule has 0 aliphatic heterocycles. The summed E-state index contributed by atoms with van der Waals surface area (Å²) in [5.74, 6) is -0.860. The molecule has 0 saturated heterocycles. The quantitative estimate of drug-likeness (QED) is 0.0261. The lowest BCUT2D eigenvalue weighted by atomic mass is 10.0. The van der Waals surface area contributed by atoms with E-state index in [1.54, 1.807) is 0 Å². The molecule has 0 bridgehead atoms. The fraction of sp³-hybridized carbons (Fsp3) is 0.800. The summed E-state index contributed by atoms with van der Waals surface area (Å²) in [6, 6.07) is 0. The topological polar surface area (TPSA) is 78.9 Å². The first-order valence-electron chi connectivity index (χ1n) is 35.4. The largest absolute Gasteiger partial charge is 0.462 e. The average molecular weight is 1130 g/mol. The van der Waals surface area contributed by atoms with Gasteiger partial charge in [0, 0.05) is 19.3 Å². The fourth-order valence-corrected chi connectivity index (χ4v) is 10.4. The first kappa shape index (κ1) is 77.9. The van der Waals surface area contributed by atoms with Gasteiger partial charge in [-0.05, 0) is 89.9 Å². The highest BCUT2D eigenvalue weighted by atomic mass is 16.6. The normalized spacial score (nSPS) is 12.5. The van der Waals surface area contributed by atoms with Gasteiger partial charge in [-0.1, -0.05) is 331 Å². The molecule has 0 rings (SSSR count). The van der Waals surface area contributed by atoms with Crippen LogP contribution in [0.25, 0.3) is 0 Å². The van der Waals surface area contributed by atoms with Crippen LogP contribution in [-0.2, 0) is 28.6 Å². The van der Waals surface area contributed by atoms with Gasteiger partial charge in [0.25, 0.3) is 0 Å². The van der Waals surface area contributed by atoms with Crippen LogP contribution in [-0.4, -0.2) is 37.2 Å². The third-order valence-electron chi connectivity index (χ3n) is 15.7. The van der Waals surface area contributed by atoms with Crippen LogP contribution < -0.4 is 0 Å². The van der Waals surface area contributed by atoms with Crippen LogP contribution in [0, 0.1) is 0 Å². The fourth-order valence-electron chi connectivity index (χ4n) is 10.4. The maximum absolute atomic E-state index is 12.9. The van der Waals surface area contributed by atoms with Crippen LogP contribution in [0.1, 0.15) is 367 Å². The number of hydrogen-bond acceptors (Lipinski definition) is 6. The molecular formula is C75H134O6. The summed E-state index contributed by atoms with van der Waals surface area (Å²) in [5, 5.41) is 0. The van der Waals surface area contributed by atoms with Gasteiger partial charge in [-0.25, -0.2) is 0 Å². The molecule has 6 heteroatoms. The van der Waals surface area contributed by atoms with Crippen LogP contribution in [0.15, 0.2) is 72.9 Å². The SMILES string of the molecule is CC/C=C\C/C=C\C/C=C\C/C=C\CCCCCCCCCCCCCCCCCCCCCCCCC(=O)OCC(COC(=O)CCCCCCCCCCCC)OC(=O)CCCCCCCCC/C=C\C/C=C\CCCCCC. The molecule has 0 aliphatic carbocycles. The van der Waals surface area contributed by atoms with Crippen LogP contribution in [0.3, 0.4) is 0 Å². The Morgan fingerprint density at radius 1 is 0.259 bits per heavy atom. The summed E-state index contributed by atoms with van der Waals surface area (Å²) in [7, 11) is 0. The van der Waals surface area contributed by atoms with Gasteiger partial charge in [0.2, 0.25) is 0 Å². The molecule has 1 atom stereocenters. The van der Waals surface area contributed by atoms with Crippen molar-refractivity contribution >= 4 is 17.9 Å². The highest BCUT2D eigenvalue weighted by molar-refractivity contribution is 5.71. The van der Waals surface area contributed by atoms with E-state index in [0.29, 0.717) is 19.3 Å². The molecule has 81 heavy (non-hydrogen) atoms. The number of carbonyl (C=O) groups excluding carboxylic acids is 3. The van der Waals surface area contributed by atoms with Crippen LogP contribution >= 0.6 is 0 Å². The summed E-state index contributed by atoms with van der Waals surface area (Å²) in [4.78, 5) is 38.3. The minimum atomic E-state index is -0.775. The van der Waals surface area contributed by atoms with E-state index in [0.717, 1.165) is 96.3 Å². The van der Waals surface area contributed by atoms with Gasteiger partial charge >= 0.3 is 17.9 Å². The first-order chi connectivity index (χ1) is 40.0. The van der Waals surface area contributed by atoms with Gasteiger partial charge in [-0.3, -0.25) is 14.4 Å². The van der Waals surface area contributed by atoms with E-state index in [-0.39, 0.29) is 31.1 Å². The average Bonchev–Trinajstić information content (AvgIpc) is 3.47. The van der Waals surface area contributed by atoms with Crippen LogP contribution in [0.5, 0.6) is 0 Å². The smallest absolute Gasteiger partial charge is 0.306 e. The molecule has 0 spiro atoms. The van der Waals surface area contributed by atoms with Gasteiger partial charge < -0.3 is 14.2 Å². The molecule has 0 amide bonds. The molecule has 0 aromatic carbocycles. The van der Waals surface area contributed by atoms with Crippen molar-refractivity contribution in [2.75, 3.05) is 13.2 Å². The van der Waals surface area contributed by atoms with Crippen LogP contribution in [0.4, 0.5) is 0 Å². The maximum atomic E-state index is 12.9. The Balaban J connectivity index is 4.05. The zero-order valence-electron chi connectivity index (χ0n) is 54.1.